The van der Waals surface area contributed by atoms with Gasteiger partial charge in [0.25, 0.3) is 5.56 Å². The molecule has 2 N–H and O–H groups in total. The molecule has 6 heteroatoms. The number of hydrogen-bond donors (Lipinski definition) is 2. The van der Waals surface area contributed by atoms with E-state index in [1.54, 1.807) is 6.07 Å². The zero-order chi connectivity index (χ0) is 15.7. The van der Waals surface area contributed by atoms with E-state index in [1.807, 2.05) is 25.1 Å². The summed E-state index contributed by atoms with van der Waals surface area (Å²) < 4.78 is 15.0. The molecule has 0 aliphatic heterocycles. The number of rotatable bonds is 3. The van der Waals surface area contributed by atoms with E-state index in [1.165, 1.54) is 18.3 Å². The SMILES string of the molecule is Cc1cccc(Nc2nc3c(F)cccn3c(=O)c2CO)c1. The third-order valence-electron chi connectivity index (χ3n) is 3.34. The first-order chi connectivity index (χ1) is 10.6. The number of pyridine rings is 1. The number of nitrogens with zero attached hydrogens (tertiary/aromatic N) is 2. The van der Waals surface area contributed by atoms with E-state index in [0.29, 0.717) is 5.69 Å². The molecule has 0 amide bonds. The lowest BCUT2D eigenvalue weighted by molar-refractivity contribution is 0.280. The Morgan fingerprint density at radius 3 is 2.86 bits per heavy atom. The van der Waals surface area contributed by atoms with Gasteiger partial charge in [0.05, 0.1) is 12.2 Å². The lowest BCUT2D eigenvalue weighted by Gasteiger charge is -2.12. The van der Waals surface area contributed by atoms with Crippen molar-refractivity contribution in [2.24, 2.45) is 0 Å². The number of aliphatic hydroxyl groups excluding tert-OH is 1. The first-order valence-electron chi connectivity index (χ1n) is 6.74. The highest BCUT2D eigenvalue weighted by Gasteiger charge is 2.14. The molecule has 0 radical (unpaired) electrons. The van der Waals surface area contributed by atoms with Crippen molar-refractivity contribution in [1.82, 2.24) is 9.38 Å². The fourth-order valence-electron chi connectivity index (χ4n) is 2.27. The molecule has 0 spiro atoms. The maximum atomic E-state index is 13.9. The first kappa shape index (κ1) is 14.2. The number of benzene rings is 1. The van der Waals surface area contributed by atoms with Crippen molar-refractivity contribution in [1.29, 1.82) is 0 Å². The zero-order valence-electron chi connectivity index (χ0n) is 11.9. The van der Waals surface area contributed by atoms with Crippen molar-refractivity contribution < 1.29 is 9.50 Å². The molecule has 0 fully saturated rings. The van der Waals surface area contributed by atoms with Crippen molar-refractivity contribution in [2.45, 2.75) is 13.5 Å². The third-order valence-corrected chi connectivity index (χ3v) is 3.34. The van der Waals surface area contributed by atoms with E-state index < -0.39 is 18.0 Å². The van der Waals surface area contributed by atoms with Crippen LogP contribution in [0.2, 0.25) is 0 Å². The molecular formula is C16H14FN3O2. The molecule has 1 aromatic carbocycles. The molecule has 0 aliphatic carbocycles. The molecule has 22 heavy (non-hydrogen) atoms. The highest BCUT2D eigenvalue weighted by atomic mass is 19.1. The smallest absolute Gasteiger partial charge is 0.265 e. The predicted molar refractivity (Wildman–Crippen MR) is 81.8 cm³/mol. The molecule has 2 aromatic heterocycles. The normalized spacial score (nSPS) is 10.9. The lowest BCUT2D eigenvalue weighted by atomic mass is 10.2. The van der Waals surface area contributed by atoms with Gasteiger partial charge in [-0.3, -0.25) is 9.20 Å². The standard InChI is InChI=1S/C16H14FN3O2/c1-10-4-2-5-11(8-10)18-14-12(9-21)16(22)20-7-3-6-13(17)15(20)19-14/h2-8,18,21H,9H2,1H3. The Bertz CT molecular complexity index is 906. The largest absolute Gasteiger partial charge is 0.391 e. The number of hydrogen-bond acceptors (Lipinski definition) is 4. The van der Waals surface area contributed by atoms with Crippen LogP contribution < -0.4 is 10.9 Å². The van der Waals surface area contributed by atoms with Crippen LogP contribution in [0.3, 0.4) is 0 Å². The van der Waals surface area contributed by atoms with E-state index in [4.69, 9.17) is 0 Å². The summed E-state index contributed by atoms with van der Waals surface area (Å²) in [6.45, 7) is 1.44. The number of aromatic nitrogens is 2. The Balaban J connectivity index is 2.20. The molecule has 0 saturated carbocycles. The van der Waals surface area contributed by atoms with Crippen LogP contribution >= 0.6 is 0 Å². The third kappa shape index (κ3) is 2.44. The lowest BCUT2D eigenvalue weighted by Crippen LogP contribution is -2.22. The van der Waals surface area contributed by atoms with Gasteiger partial charge >= 0.3 is 0 Å². The molecule has 3 rings (SSSR count). The highest BCUT2D eigenvalue weighted by molar-refractivity contribution is 5.62. The molecule has 112 valence electrons. The van der Waals surface area contributed by atoms with Gasteiger partial charge in [-0.15, -0.1) is 0 Å². The van der Waals surface area contributed by atoms with Crippen LogP contribution in [0.15, 0.2) is 47.4 Å². The monoisotopic (exact) mass is 299 g/mol. The van der Waals surface area contributed by atoms with Crippen molar-refractivity contribution in [3.63, 3.8) is 0 Å². The van der Waals surface area contributed by atoms with Crippen LogP contribution in [0.4, 0.5) is 15.9 Å². The molecule has 0 aliphatic rings. The number of halogens is 1. The molecule has 3 aromatic rings. The minimum atomic E-state index is -0.601. The Hall–Kier alpha value is -2.73. The van der Waals surface area contributed by atoms with Crippen molar-refractivity contribution in [3.05, 3.63) is 69.9 Å². The molecular weight excluding hydrogens is 285 g/mol. The summed E-state index contributed by atoms with van der Waals surface area (Å²) in [6.07, 6.45) is 1.42. The van der Waals surface area contributed by atoms with E-state index in [2.05, 4.69) is 10.3 Å². The summed E-state index contributed by atoms with van der Waals surface area (Å²) in [5, 5.41) is 12.4. The van der Waals surface area contributed by atoms with Gasteiger partial charge in [-0.05, 0) is 36.8 Å². The number of aliphatic hydroxyl groups is 1. The Morgan fingerprint density at radius 2 is 2.14 bits per heavy atom. The van der Waals surface area contributed by atoms with Gasteiger partial charge in [-0.1, -0.05) is 12.1 Å². The van der Waals surface area contributed by atoms with Gasteiger partial charge in [0, 0.05) is 11.9 Å². The fourth-order valence-corrected chi connectivity index (χ4v) is 2.27. The van der Waals surface area contributed by atoms with E-state index in [0.717, 1.165) is 9.96 Å². The number of anilines is 2. The Kier molecular flexibility index (Phi) is 3.60. The molecule has 0 saturated heterocycles. The van der Waals surface area contributed by atoms with Gasteiger partial charge in [-0.2, -0.15) is 0 Å². The van der Waals surface area contributed by atoms with Crippen LogP contribution in [0.1, 0.15) is 11.1 Å². The second kappa shape index (κ2) is 5.57. The van der Waals surface area contributed by atoms with Crippen LogP contribution in [-0.4, -0.2) is 14.5 Å². The topological polar surface area (TPSA) is 66.6 Å². The summed E-state index contributed by atoms with van der Waals surface area (Å²) in [6, 6.07) is 10.1. The van der Waals surface area contributed by atoms with E-state index in [9.17, 15) is 14.3 Å². The summed E-state index contributed by atoms with van der Waals surface area (Å²) in [5.74, 6) is -0.445. The summed E-state index contributed by atoms with van der Waals surface area (Å²) in [4.78, 5) is 16.5. The van der Waals surface area contributed by atoms with Gasteiger partial charge in [0.2, 0.25) is 0 Å². The first-order valence-corrected chi connectivity index (χ1v) is 6.74. The second-order valence-electron chi connectivity index (χ2n) is 4.95. The molecule has 0 bridgehead atoms. The van der Waals surface area contributed by atoms with E-state index >= 15 is 0 Å². The molecule has 2 heterocycles. The van der Waals surface area contributed by atoms with Gasteiger partial charge in [-0.25, -0.2) is 9.37 Å². The quantitative estimate of drug-likeness (QED) is 0.779. The average Bonchev–Trinajstić information content (AvgIpc) is 2.49. The maximum absolute atomic E-state index is 13.9. The maximum Gasteiger partial charge on any atom is 0.265 e. The van der Waals surface area contributed by atoms with Crippen molar-refractivity contribution >= 4 is 17.2 Å². The van der Waals surface area contributed by atoms with Crippen LogP contribution in [-0.2, 0) is 6.61 Å². The summed E-state index contributed by atoms with van der Waals surface area (Å²) in [5.41, 5.74) is 1.24. The molecule has 0 unspecified atom stereocenters. The molecule has 5 nitrogen and oxygen atoms in total. The van der Waals surface area contributed by atoms with Gasteiger partial charge in [0.1, 0.15) is 5.82 Å². The summed E-state index contributed by atoms with van der Waals surface area (Å²) >= 11 is 0. The zero-order valence-corrected chi connectivity index (χ0v) is 11.9. The Morgan fingerprint density at radius 1 is 1.32 bits per heavy atom. The second-order valence-corrected chi connectivity index (χ2v) is 4.95. The van der Waals surface area contributed by atoms with Crippen molar-refractivity contribution in [2.75, 3.05) is 5.32 Å². The summed E-state index contributed by atoms with van der Waals surface area (Å²) in [7, 11) is 0. The van der Waals surface area contributed by atoms with Crippen LogP contribution in [0, 0.1) is 12.7 Å². The van der Waals surface area contributed by atoms with Gasteiger partial charge < -0.3 is 10.4 Å². The fraction of sp³-hybridized carbons (Fsp3) is 0.125. The van der Waals surface area contributed by atoms with Crippen LogP contribution in [0.25, 0.3) is 5.65 Å². The van der Waals surface area contributed by atoms with Crippen LogP contribution in [0.5, 0.6) is 0 Å². The molecule has 0 atom stereocenters. The Labute approximate surface area is 125 Å². The van der Waals surface area contributed by atoms with Crippen molar-refractivity contribution in [3.8, 4) is 0 Å². The highest BCUT2D eigenvalue weighted by Crippen LogP contribution is 2.19. The minimum Gasteiger partial charge on any atom is -0.391 e. The number of fused-ring (bicyclic) bond motifs is 1. The van der Waals surface area contributed by atoms with Gasteiger partial charge in [0.15, 0.2) is 11.5 Å². The minimum absolute atomic E-state index is 0.0835. The average molecular weight is 299 g/mol. The predicted octanol–water partition coefficient (Wildman–Crippen LogP) is 2.38. The van der Waals surface area contributed by atoms with E-state index in [-0.39, 0.29) is 17.0 Å². The number of aryl methyl sites for hydroxylation is 1. The number of nitrogens with one attached hydrogen (secondary N) is 1.